The number of hydrogen-bond donors (Lipinski definition) is 0. The zero-order valence-corrected chi connectivity index (χ0v) is 11.2. The molecule has 1 fully saturated rings. The van der Waals surface area contributed by atoms with Gasteiger partial charge in [0.2, 0.25) is 0 Å². The SMILES string of the molecule is CC(CCC1CCCO1)C(Cl)c1ccccc1. The van der Waals surface area contributed by atoms with Gasteiger partial charge < -0.3 is 4.74 Å². The summed E-state index contributed by atoms with van der Waals surface area (Å²) in [4.78, 5) is 0. The van der Waals surface area contributed by atoms with E-state index in [1.54, 1.807) is 0 Å². The molecule has 1 aliphatic heterocycles. The third-order valence-electron chi connectivity index (χ3n) is 3.59. The van der Waals surface area contributed by atoms with E-state index in [-0.39, 0.29) is 5.38 Å². The lowest BCUT2D eigenvalue weighted by Crippen LogP contribution is -2.10. The zero-order chi connectivity index (χ0) is 12.1. The first kappa shape index (κ1) is 12.9. The highest BCUT2D eigenvalue weighted by Crippen LogP contribution is 2.32. The molecule has 0 N–H and O–H groups in total. The highest BCUT2D eigenvalue weighted by Gasteiger charge is 2.20. The molecule has 0 saturated carbocycles. The molecule has 0 aliphatic carbocycles. The van der Waals surface area contributed by atoms with Crippen LogP contribution in [0.4, 0.5) is 0 Å². The van der Waals surface area contributed by atoms with Crippen LogP contribution in [-0.4, -0.2) is 12.7 Å². The summed E-state index contributed by atoms with van der Waals surface area (Å²) in [7, 11) is 0. The van der Waals surface area contributed by atoms with Crippen LogP contribution < -0.4 is 0 Å². The van der Waals surface area contributed by atoms with Gasteiger partial charge in [0.25, 0.3) is 0 Å². The van der Waals surface area contributed by atoms with Crippen LogP contribution >= 0.6 is 11.6 Å². The Morgan fingerprint density at radius 3 is 2.76 bits per heavy atom. The van der Waals surface area contributed by atoms with Crippen molar-refractivity contribution in [3.63, 3.8) is 0 Å². The quantitative estimate of drug-likeness (QED) is 0.698. The van der Waals surface area contributed by atoms with Crippen molar-refractivity contribution in [1.82, 2.24) is 0 Å². The van der Waals surface area contributed by atoms with Crippen LogP contribution in [0.2, 0.25) is 0 Å². The van der Waals surface area contributed by atoms with Gasteiger partial charge in [-0.15, -0.1) is 11.6 Å². The summed E-state index contributed by atoms with van der Waals surface area (Å²) in [6.45, 7) is 3.18. The maximum atomic E-state index is 6.50. The number of halogens is 1. The first-order valence-electron chi connectivity index (χ1n) is 6.58. The molecule has 0 bridgehead atoms. The minimum absolute atomic E-state index is 0.123. The number of hydrogen-bond acceptors (Lipinski definition) is 1. The molecule has 1 aromatic rings. The van der Waals surface area contributed by atoms with Gasteiger partial charge in [-0.1, -0.05) is 37.3 Å². The van der Waals surface area contributed by atoms with E-state index in [0.717, 1.165) is 19.4 Å². The highest BCUT2D eigenvalue weighted by molar-refractivity contribution is 6.20. The van der Waals surface area contributed by atoms with Gasteiger partial charge in [0.15, 0.2) is 0 Å². The fourth-order valence-corrected chi connectivity index (χ4v) is 2.70. The van der Waals surface area contributed by atoms with Gasteiger partial charge in [0.1, 0.15) is 0 Å². The summed E-state index contributed by atoms with van der Waals surface area (Å²) in [5, 5.41) is 0.123. The van der Waals surface area contributed by atoms with Crippen molar-refractivity contribution in [3.8, 4) is 0 Å². The van der Waals surface area contributed by atoms with E-state index in [0.29, 0.717) is 12.0 Å². The topological polar surface area (TPSA) is 9.23 Å². The highest BCUT2D eigenvalue weighted by atomic mass is 35.5. The Morgan fingerprint density at radius 1 is 1.35 bits per heavy atom. The fraction of sp³-hybridized carbons (Fsp3) is 0.600. The fourth-order valence-electron chi connectivity index (χ4n) is 2.43. The van der Waals surface area contributed by atoms with Crippen molar-refractivity contribution in [3.05, 3.63) is 35.9 Å². The van der Waals surface area contributed by atoms with Crippen molar-refractivity contribution in [2.75, 3.05) is 6.61 Å². The molecule has 3 unspecified atom stereocenters. The lowest BCUT2D eigenvalue weighted by molar-refractivity contribution is 0.0985. The third kappa shape index (κ3) is 3.72. The van der Waals surface area contributed by atoms with E-state index >= 15 is 0 Å². The van der Waals surface area contributed by atoms with Gasteiger partial charge >= 0.3 is 0 Å². The summed E-state index contributed by atoms with van der Waals surface area (Å²) in [5.74, 6) is 0.503. The molecule has 1 aromatic carbocycles. The second kappa shape index (κ2) is 6.42. The minimum atomic E-state index is 0.123. The smallest absolute Gasteiger partial charge is 0.0610 e. The van der Waals surface area contributed by atoms with Crippen LogP contribution in [0.5, 0.6) is 0 Å². The number of ether oxygens (including phenoxy) is 1. The van der Waals surface area contributed by atoms with E-state index < -0.39 is 0 Å². The largest absolute Gasteiger partial charge is 0.378 e. The van der Waals surface area contributed by atoms with E-state index in [1.165, 1.54) is 18.4 Å². The van der Waals surface area contributed by atoms with Gasteiger partial charge in [-0.3, -0.25) is 0 Å². The Hall–Kier alpha value is -0.530. The van der Waals surface area contributed by atoms with Crippen molar-refractivity contribution in [2.45, 2.75) is 44.1 Å². The molecule has 1 aliphatic rings. The predicted molar refractivity (Wildman–Crippen MR) is 72.4 cm³/mol. The Labute approximate surface area is 109 Å². The van der Waals surface area contributed by atoms with Crippen LogP contribution in [0.1, 0.15) is 43.5 Å². The molecular formula is C15H21ClO. The van der Waals surface area contributed by atoms with E-state index in [4.69, 9.17) is 16.3 Å². The summed E-state index contributed by atoms with van der Waals surface area (Å²) >= 11 is 6.50. The summed E-state index contributed by atoms with van der Waals surface area (Å²) in [5.41, 5.74) is 1.23. The van der Waals surface area contributed by atoms with Crippen LogP contribution in [0.25, 0.3) is 0 Å². The Kier molecular flexibility index (Phi) is 4.87. The van der Waals surface area contributed by atoms with E-state index in [9.17, 15) is 0 Å². The second-order valence-electron chi connectivity index (χ2n) is 5.00. The first-order chi connectivity index (χ1) is 8.27. The molecule has 2 heteroatoms. The molecule has 0 aromatic heterocycles. The van der Waals surface area contributed by atoms with Crippen LogP contribution in [-0.2, 0) is 4.74 Å². The molecular weight excluding hydrogens is 232 g/mol. The second-order valence-corrected chi connectivity index (χ2v) is 5.47. The maximum Gasteiger partial charge on any atom is 0.0610 e. The van der Waals surface area contributed by atoms with Gasteiger partial charge in [-0.05, 0) is 37.2 Å². The lowest BCUT2D eigenvalue weighted by Gasteiger charge is -2.19. The molecule has 0 spiro atoms. The molecule has 1 nitrogen and oxygen atoms in total. The summed E-state index contributed by atoms with van der Waals surface area (Å²) in [6.07, 6.45) is 5.23. The molecule has 17 heavy (non-hydrogen) atoms. The zero-order valence-electron chi connectivity index (χ0n) is 10.4. The first-order valence-corrected chi connectivity index (χ1v) is 7.01. The Bertz CT molecular complexity index is 319. The average Bonchev–Trinajstić information content (AvgIpc) is 2.89. The molecule has 2 rings (SSSR count). The average molecular weight is 253 g/mol. The molecule has 1 saturated heterocycles. The maximum absolute atomic E-state index is 6.50. The molecule has 94 valence electrons. The van der Waals surface area contributed by atoms with Gasteiger partial charge in [0, 0.05) is 6.61 Å². The van der Waals surface area contributed by atoms with Crippen LogP contribution in [0, 0.1) is 5.92 Å². The molecule has 0 amide bonds. The van der Waals surface area contributed by atoms with Crippen molar-refractivity contribution < 1.29 is 4.74 Å². The lowest BCUT2D eigenvalue weighted by atomic mass is 9.94. The number of benzene rings is 1. The monoisotopic (exact) mass is 252 g/mol. The standard InChI is InChI=1S/C15H21ClO/c1-12(9-10-14-8-5-11-17-14)15(16)13-6-3-2-4-7-13/h2-4,6-7,12,14-15H,5,8-11H2,1H3. The summed E-state index contributed by atoms with van der Waals surface area (Å²) in [6, 6.07) is 10.4. The van der Waals surface area contributed by atoms with Crippen LogP contribution in [0.15, 0.2) is 30.3 Å². The van der Waals surface area contributed by atoms with E-state index in [2.05, 4.69) is 31.2 Å². The molecule has 0 radical (unpaired) electrons. The van der Waals surface area contributed by atoms with Crippen LogP contribution in [0.3, 0.4) is 0 Å². The number of rotatable bonds is 5. The number of alkyl halides is 1. The Balaban J connectivity index is 1.80. The Morgan fingerprint density at radius 2 is 2.12 bits per heavy atom. The third-order valence-corrected chi connectivity index (χ3v) is 4.27. The van der Waals surface area contributed by atoms with Crippen molar-refractivity contribution >= 4 is 11.6 Å². The van der Waals surface area contributed by atoms with Gasteiger partial charge in [-0.2, -0.15) is 0 Å². The van der Waals surface area contributed by atoms with Gasteiger partial charge in [0.05, 0.1) is 11.5 Å². The molecule has 1 heterocycles. The minimum Gasteiger partial charge on any atom is -0.378 e. The van der Waals surface area contributed by atoms with Crippen molar-refractivity contribution in [2.24, 2.45) is 5.92 Å². The van der Waals surface area contributed by atoms with E-state index in [1.807, 2.05) is 6.07 Å². The predicted octanol–water partition coefficient (Wildman–Crippen LogP) is 4.56. The van der Waals surface area contributed by atoms with Crippen molar-refractivity contribution in [1.29, 1.82) is 0 Å². The summed E-state index contributed by atoms with van der Waals surface area (Å²) < 4.78 is 5.65. The molecule has 3 atom stereocenters. The van der Waals surface area contributed by atoms with Gasteiger partial charge in [-0.25, -0.2) is 0 Å². The normalized spacial score (nSPS) is 23.5.